The first-order valence-corrected chi connectivity index (χ1v) is 9.93. The van der Waals surface area contributed by atoms with Crippen LogP contribution < -0.4 is 10.6 Å². The number of hydrogen-bond donors (Lipinski definition) is 3. The lowest BCUT2D eigenvalue weighted by Gasteiger charge is -2.12. The van der Waals surface area contributed by atoms with Crippen LogP contribution in [0.2, 0.25) is 0 Å². The summed E-state index contributed by atoms with van der Waals surface area (Å²) >= 11 is 0. The molecule has 2 aromatic carbocycles. The van der Waals surface area contributed by atoms with Gasteiger partial charge < -0.3 is 15.7 Å². The molecule has 3 N–H and O–H groups in total. The van der Waals surface area contributed by atoms with E-state index in [1.165, 1.54) is 5.56 Å². The first kappa shape index (κ1) is 20.7. The van der Waals surface area contributed by atoms with Crippen molar-refractivity contribution in [3.63, 3.8) is 0 Å². The molecule has 1 aromatic heterocycles. The van der Waals surface area contributed by atoms with Crippen LogP contribution in [0.3, 0.4) is 0 Å². The highest BCUT2D eigenvalue weighted by atomic mass is 16.3. The summed E-state index contributed by atoms with van der Waals surface area (Å²) in [7, 11) is 0. The minimum Gasteiger partial charge on any atom is -0.387 e. The van der Waals surface area contributed by atoms with Crippen molar-refractivity contribution in [2.45, 2.75) is 25.4 Å². The number of rotatable bonds is 10. The van der Waals surface area contributed by atoms with E-state index in [1.807, 2.05) is 72.8 Å². The summed E-state index contributed by atoms with van der Waals surface area (Å²) < 4.78 is 0. The molecule has 3 aromatic rings. The Morgan fingerprint density at radius 2 is 1.69 bits per heavy atom. The Kier molecular flexibility index (Phi) is 7.92. The lowest BCUT2D eigenvalue weighted by molar-refractivity contribution is -0.116. The van der Waals surface area contributed by atoms with E-state index in [9.17, 15) is 9.90 Å². The molecule has 150 valence electrons. The van der Waals surface area contributed by atoms with Crippen molar-refractivity contribution in [3.8, 4) is 0 Å². The Morgan fingerprint density at radius 3 is 2.45 bits per heavy atom. The van der Waals surface area contributed by atoms with Crippen LogP contribution in [0.5, 0.6) is 0 Å². The monoisotopic (exact) mass is 389 g/mol. The minimum absolute atomic E-state index is 0.0139. The molecule has 0 bridgehead atoms. The normalized spacial score (nSPS) is 11.8. The van der Waals surface area contributed by atoms with Crippen molar-refractivity contribution >= 4 is 11.6 Å². The summed E-state index contributed by atoms with van der Waals surface area (Å²) in [5.41, 5.74) is 3.80. The number of aryl methyl sites for hydroxylation is 1. The Bertz CT molecular complexity index is 885. The van der Waals surface area contributed by atoms with Gasteiger partial charge >= 0.3 is 0 Å². The van der Waals surface area contributed by atoms with Gasteiger partial charge in [-0.1, -0.05) is 48.5 Å². The zero-order valence-electron chi connectivity index (χ0n) is 16.4. The summed E-state index contributed by atoms with van der Waals surface area (Å²) in [4.78, 5) is 16.5. The van der Waals surface area contributed by atoms with E-state index in [4.69, 9.17) is 0 Å². The number of pyridine rings is 1. The van der Waals surface area contributed by atoms with Crippen LogP contribution in [0.15, 0.2) is 79.0 Å². The van der Waals surface area contributed by atoms with Gasteiger partial charge in [0.25, 0.3) is 0 Å². The molecule has 1 atom stereocenters. The molecule has 0 radical (unpaired) electrons. The highest BCUT2D eigenvalue weighted by Crippen LogP contribution is 2.11. The summed E-state index contributed by atoms with van der Waals surface area (Å²) in [6, 6.07) is 23.1. The third-order valence-corrected chi connectivity index (χ3v) is 4.66. The average Bonchev–Trinajstić information content (AvgIpc) is 2.77. The predicted octanol–water partition coefficient (Wildman–Crippen LogP) is 3.52. The molecule has 3 rings (SSSR count). The van der Waals surface area contributed by atoms with Gasteiger partial charge in [0.05, 0.1) is 6.10 Å². The van der Waals surface area contributed by atoms with Gasteiger partial charge in [-0.15, -0.1) is 0 Å². The van der Waals surface area contributed by atoms with Crippen molar-refractivity contribution in [1.82, 2.24) is 10.3 Å². The summed E-state index contributed by atoms with van der Waals surface area (Å²) in [5.74, 6) is -0.0139. The molecule has 5 nitrogen and oxygen atoms in total. The summed E-state index contributed by atoms with van der Waals surface area (Å²) in [5, 5.41) is 16.4. The number of hydrogen-bond acceptors (Lipinski definition) is 4. The highest BCUT2D eigenvalue weighted by Gasteiger charge is 2.07. The molecular weight excluding hydrogens is 362 g/mol. The third-order valence-electron chi connectivity index (χ3n) is 4.66. The van der Waals surface area contributed by atoms with Crippen LogP contribution in [0.4, 0.5) is 5.69 Å². The quantitative estimate of drug-likeness (QED) is 0.464. The molecule has 0 aliphatic carbocycles. The number of para-hydroxylation sites is 1. The number of anilines is 1. The fourth-order valence-corrected chi connectivity index (χ4v) is 3.07. The van der Waals surface area contributed by atoms with Gasteiger partial charge in [-0.3, -0.25) is 9.78 Å². The van der Waals surface area contributed by atoms with E-state index in [0.29, 0.717) is 19.4 Å². The molecule has 0 aliphatic rings. The molecule has 0 fully saturated rings. The maximum Gasteiger partial charge on any atom is 0.224 e. The second-order valence-electron chi connectivity index (χ2n) is 6.95. The zero-order chi connectivity index (χ0) is 20.3. The van der Waals surface area contributed by atoms with Gasteiger partial charge in [0.2, 0.25) is 5.91 Å². The van der Waals surface area contributed by atoms with Crippen molar-refractivity contribution in [2.75, 3.05) is 18.4 Å². The van der Waals surface area contributed by atoms with Crippen molar-refractivity contribution in [2.24, 2.45) is 0 Å². The van der Waals surface area contributed by atoms with E-state index < -0.39 is 6.10 Å². The number of amides is 1. The van der Waals surface area contributed by atoms with Crippen LogP contribution in [-0.2, 0) is 17.6 Å². The summed E-state index contributed by atoms with van der Waals surface area (Å²) in [6.45, 7) is 1.28. The lowest BCUT2D eigenvalue weighted by Crippen LogP contribution is -2.23. The second kappa shape index (κ2) is 11.1. The Morgan fingerprint density at radius 1 is 0.966 bits per heavy atom. The summed E-state index contributed by atoms with van der Waals surface area (Å²) in [6.07, 6.45) is 3.12. The molecular formula is C24H27N3O2. The number of aromatic nitrogens is 1. The number of nitrogens with zero attached hydrogens (tertiary/aromatic N) is 1. The van der Waals surface area contributed by atoms with Crippen LogP contribution in [0.25, 0.3) is 0 Å². The van der Waals surface area contributed by atoms with Crippen molar-refractivity contribution < 1.29 is 9.90 Å². The fourth-order valence-electron chi connectivity index (χ4n) is 3.07. The maximum absolute atomic E-state index is 12.1. The molecule has 29 heavy (non-hydrogen) atoms. The van der Waals surface area contributed by atoms with Gasteiger partial charge in [-0.2, -0.15) is 0 Å². The number of carbonyl (C=O) groups is 1. The highest BCUT2D eigenvalue weighted by molar-refractivity contribution is 5.90. The first-order valence-electron chi connectivity index (χ1n) is 9.93. The molecule has 0 saturated heterocycles. The van der Waals surface area contributed by atoms with Crippen LogP contribution >= 0.6 is 0 Å². The molecule has 0 spiro atoms. The van der Waals surface area contributed by atoms with Gasteiger partial charge in [0.15, 0.2) is 0 Å². The van der Waals surface area contributed by atoms with Gasteiger partial charge in [-0.25, -0.2) is 0 Å². The van der Waals surface area contributed by atoms with E-state index in [0.717, 1.165) is 29.9 Å². The molecule has 0 aliphatic heterocycles. The molecule has 5 heteroatoms. The average molecular weight is 389 g/mol. The zero-order valence-corrected chi connectivity index (χ0v) is 16.4. The molecule has 1 amide bonds. The predicted molar refractivity (Wildman–Crippen MR) is 116 cm³/mol. The first-order chi connectivity index (χ1) is 14.2. The standard InChI is InChI=1S/C24H27N3O2/c28-23(20-7-3-1-4-8-20)18-25-15-13-19-14-16-26-22(17-19)11-12-24(29)27-21-9-5-2-6-10-21/h1-10,14,16-17,23,25,28H,11-13,15,18H2,(H,27,29)/t23-/m0/s1. The molecule has 0 unspecified atom stereocenters. The fraction of sp³-hybridized carbons (Fsp3) is 0.250. The minimum atomic E-state index is -0.507. The second-order valence-corrected chi connectivity index (χ2v) is 6.95. The van der Waals surface area contributed by atoms with Crippen LogP contribution in [0.1, 0.15) is 29.3 Å². The number of benzene rings is 2. The van der Waals surface area contributed by atoms with E-state index in [2.05, 4.69) is 15.6 Å². The number of carbonyl (C=O) groups excluding carboxylic acids is 1. The van der Waals surface area contributed by atoms with Gasteiger partial charge in [-0.05, 0) is 54.8 Å². The number of nitrogens with one attached hydrogen (secondary N) is 2. The maximum atomic E-state index is 12.1. The lowest BCUT2D eigenvalue weighted by atomic mass is 10.1. The topological polar surface area (TPSA) is 74.2 Å². The molecule has 0 saturated carbocycles. The SMILES string of the molecule is O=C(CCc1cc(CCNC[C@H](O)c2ccccc2)ccn1)Nc1ccccc1. The Balaban J connectivity index is 1.39. The third kappa shape index (κ3) is 7.14. The van der Waals surface area contributed by atoms with Crippen molar-refractivity contribution in [1.29, 1.82) is 0 Å². The van der Waals surface area contributed by atoms with E-state index in [1.54, 1.807) is 6.20 Å². The van der Waals surface area contributed by atoms with Gasteiger partial charge in [0, 0.05) is 30.5 Å². The van der Waals surface area contributed by atoms with Crippen molar-refractivity contribution in [3.05, 3.63) is 95.8 Å². The molecule has 1 heterocycles. The van der Waals surface area contributed by atoms with E-state index in [-0.39, 0.29) is 5.91 Å². The smallest absolute Gasteiger partial charge is 0.224 e. The number of aliphatic hydroxyl groups excluding tert-OH is 1. The number of aliphatic hydroxyl groups is 1. The van der Waals surface area contributed by atoms with Crippen LogP contribution in [-0.4, -0.2) is 29.1 Å². The Labute approximate surface area is 171 Å². The van der Waals surface area contributed by atoms with E-state index >= 15 is 0 Å². The largest absolute Gasteiger partial charge is 0.387 e. The Hall–Kier alpha value is -3.02. The van der Waals surface area contributed by atoms with Crippen LogP contribution in [0, 0.1) is 0 Å². The van der Waals surface area contributed by atoms with Gasteiger partial charge in [0.1, 0.15) is 0 Å².